The highest BCUT2D eigenvalue weighted by atomic mass is 19.4. The molecule has 0 aliphatic carbocycles. The Morgan fingerprint density at radius 2 is 1.87 bits per heavy atom. The molecule has 2 N–H and O–H groups in total. The van der Waals surface area contributed by atoms with E-state index in [0.717, 1.165) is 19.3 Å². The van der Waals surface area contributed by atoms with Crippen LogP contribution in [-0.4, -0.2) is 36.8 Å². The molecule has 0 fully saturated rings. The van der Waals surface area contributed by atoms with Crippen LogP contribution in [0.5, 0.6) is 0 Å². The topological polar surface area (TPSA) is 29.3 Å². The standard InChI is InChI=1S/C10H21F3N2/c1-3-9(14)6-5-7-15(4-2)8-10(11,12)13/h9H,3-8,14H2,1-2H3. The predicted molar refractivity (Wildman–Crippen MR) is 55.7 cm³/mol. The minimum absolute atomic E-state index is 0.120. The maximum atomic E-state index is 12.1. The van der Waals surface area contributed by atoms with Crippen molar-refractivity contribution < 1.29 is 13.2 Å². The monoisotopic (exact) mass is 226 g/mol. The molecule has 0 aliphatic heterocycles. The summed E-state index contributed by atoms with van der Waals surface area (Å²) in [5, 5.41) is 0. The molecular weight excluding hydrogens is 205 g/mol. The average Bonchev–Trinajstić information content (AvgIpc) is 2.14. The van der Waals surface area contributed by atoms with E-state index in [1.54, 1.807) is 6.92 Å². The fourth-order valence-corrected chi connectivity index (χ4v) is 1.38. The van der Waals surface area contributed by atoms with Gasteiger partial charge in [-0.25, -0.2) is 0 Å². The lowest BCUT2D eigenvalue weighted by Gasteiger charge is -2.22. The van der Waals surface area contributed by atoms with Crippen molar-refractivity contribution in [1.82, 2.24) is 4.90 Å². The van der Waals surface area contributed by atoms with E-state index < -0.39 is 12.7 Å². The first kappa shape index (κ1) is 14.7. The minimum Gasteiger partial charge on any atom is -0.328 e. The molecule has 0 aromatic rings. The lowest BCUT2D eigenvalue weighted by Crippen LogP contribution is -2.35. The Labute approximate surface area is 89.6 Å². The molecule has 5 heteroatoms. The molecule has 0 amide bonds. The number of halogens is 3. The third-order valence-electron chi connectivity index (χ3n) is 2.42. The molecule has 0 saturated carbocycles. The maximum absolute atomic E-state index is 12.1. The Kier molecular flexibility index (Phi) is 6.92. The number of hydrogen-bond donors (Lipinski definition) is 1. The summed E-state index contributed by atoms with van der Waals surface area (Å²) in [6.07, 6.45) is -1.68. The third-order valence-corrected chi connectivity index (χ3v) is 2.42. The predicted octanol–water partition coefficient (Wildman–Crippen LogP) is 2.39. The van der Waals surface area contributed by atoms with E-state index in [1.807, 2.05) is 6.92 Å². The summed E-state index contributed by atoms with van der Waals surface area (Å²) in [6, 6.07) is 0.120. The molecule has 92 valence electrons. The summed E-state index contributed by atoms with van der Waals surface area (Å²) < 4.78 is 36.2. The molecule has 0 saturated heterocycles. The van der Waals surface area contributed by atoms with Crippen LogP contribution in [0.4, 0.5) is 13.2 Å². The Balaban J connectivity index is 3.71. The smallest absolute Gasteiger partial charge is 0.328 e. The molecule has 15 heavy (non-hydrogen) atoms. The van der Waals surface area contributed by atoms with Crippen LogP contribution in [-0.2, 0) is 0 Å². The Hall–Kier alpha value is -0.290. The summed E-state index contributed by atoms with van der Waals surface area (Å²) in [6.45, 7) is 3.82. The van der Waals surface area contributed by atoms with E-state index in [-0.39, 0.29) is 6.04 Å². The molecule has 0 spiro atoms. The van der Waals surface area contributed by atoms with Crippen molar-refractivity contribution in [1.29, 1.82) is 0 Å². The maximum Gasteiger partial charge on any atom is 0.401 e. The van der Waals surface area contributed by atoms with Gasteiger partial charge in [-0.15, -0.1) is 0 Å². The Morgan fingerprint density at radius 3 is 2.27 bits per heavy atom. The fourth-order valence-electron chi connectivity index (χ4n) is 1.38. The first-order valence-corrected chi connectivity index (χ1v) is 5.43. The van der Waals surface area contributed by atoms with Crippen LogP contribution in [0.2, 0.25) is 0 Å². The van der Waals surface area contributed by atoms with Crippen molar-refractivity contribution in [3.8, 4) is 0 Å². The molecule has 0 aromatic carbocycles. The summed E-state index contributed by atoms with van der Waals surface area (Å²) in [5.74, 6) is 0. The van der Waals surface area contributed by atoms with Crippen LogP contribution in [0.1, 0.15) is 33.1 Å². The van der Waals surface area contributed by atoms with Crippen LogP contribution >= 0.6 is 0 Å². The molecule has 0 rings (SSSR count). The molecular formula is C10H21F3N2. The van der Waals surface area contributed by atoms with Gasteiger partial charge in [0, 0.05) is 6.04 Å². The fraction of sp³-hybridized carbons (Fsp3) is 1.00. The van der Waals surface area contributed by atoms with Gasteiger partial charge in [0.2, 0.25) is 0 Å². The van der Waals surface area contributed by atoms with Gasteiger partial charge >= 0.3 is 6.18 Å². The van der Waals surface area contributed by atoms with Crippen LogP contribution in [0.15, 0.2) is 0 Å². The van der Waals surface area contributed by atoms with Gasteiger partial charge in [-0.05, 0) is 32.4 Å². The lowest BCUT2D eigenvalue weighted by atomic mass is 10.1. The highest BCUT2D eigenvalue weighted by Gasteiger charge is 2.29. The second-order valence-electron chi connectivity index (χ2n) is 3.79. The summed E-state index contributed by atoms with van der Waals surface area (Å²) in [7, 11) is 0. The lowest BCUT2D eigenvalue weighted by molar-refractivity contribution is -0.145. The van der Waals surface area contributed by atoms with Crippen molar-refractivity contribution in [2.45, 2.75) is 45.3 Å². The van der Waals surface area contributed by atoms with E-state index in [9.17, 15) is 13.2 Å². The Bertz CT molecular complexity index is 159. The quantitative estimate of drug-likeness (QED) is 0.722. The van der Waals surface area contributed by atoms with E-state index in [1.165, 1.54) is 4.90 Å². The van der Waals surface area contributed by atoms with Gasteiger partial charge in [0.05, 0.1) is 6.54 Å². The summed E-state index contributed by atoms with van der Waals surface area (Å²) in [5.41, 5.74) is 5.69. The third kappa shape index (κ3) is 8.69. The second kappa shape index (κ2) is 7.06. The number of hydrogen-bond acceptors (Lipinski definition) is 2. The average molecular weight is 226 g/mol. The van der Waals surface area contributed by atoms with E-state index >= 15 is 0 Å². The Morgan fingerprint density at radius 1 is 1.27 bits per heavy atom. The molecule has 1 atom stereocenters. The first-order valence-electron chi connectivity index (χ1n) is 5.43. The molecule has 0 aromatic heterocycles. The zero-order chi connectivity index (χ0) is 11.9. The zero-order valence-electron chi connectivity index (χ0n) is 9.48. The summed E-state index contributed by atoms with van der Waals surface area (Å²) in [4.78, 5) is 1.41. The SMILES string of the molecule is CCC(N)CCCN(CC)CC(F)(F)F. The zero-order valence-corrected chi connectivity index (χ0v) is 9.48. The number of rotatable bonds is 7. The van der Waals surface area contributed by atoms with Gasteiger partial charge < -0.3 is 5.73 Å². The van der Waals surface area contributed by atoms with Crippen molar-refractivity contribution >= 4 is 0 Å². The van der Waals surface area contributed by atoms with Gasteiger partial charge in [0.15, 0.2) is 0 Å². The molecule has 2 nitrogen and oxygen atoms in total. The van der Waals surface area contributed by atoms with Crippen LogP contribution in [0.25, 0.3) is 0 Å². The minimum atomic E-state index is -4.09. The van der Waals surface area contributed by atoms with Crippen molar-refractivity contribution in [3.63, 3.8) is 0 Å². The van der Waals surface area contributed by atoms with Gasteiger partial charge in [-0.1, -0.05) is 13.8 Å². The van der Waals surface area contributed by atoms with Gasteiger partial charge in [-0.3, -0.25) is 4.90 Å². The highest BCUT2D eigenvalue weighted by molar-refractivity contribution is 4.64. The molecule has 0 heterocycles. The molecule has 0 radical (unpaired) electrons. The second-order valence-corrected chi connectivity index (χ2v) is 3.79. The van der Waals surface area contributed by atoms with E-state index in [4.69, 9.17) is 5.73 Å². The van der Waals surface area contributed by atoms with Crippen molar-refractivity contribution in [3.05, 3.63) is 0 Å². The van der Waals surface area contributed by atoms with Crippen molar-refractivity contribution in [2.75, 3.05) is 19.6 Å². The molecule has 0 aliphatic rings. The number of nitrogens with zero attached hydrogens (tertiary/aromatic N) is 1. The van der Waals surface area contributed by atoms with Crippen LogP contribution < -0.4 is 5.73 Å². The summed E-state index contributed by atoms with van der Waals surface area (Å²) >= 11 is 0. The highest BCUT2D eigenvalue weighted by Crippen LogP contribution is 2.16. The molecule has 0 bridgehead atoms. The van der Waals surface area contributed by atoms with Crippen molar-refractivity contribution in [2.24, 2.45) is 5.73 Å². The van der Waals surface area contributed by atoms with Crippen LogP contribution in [0, 0.1) is 0 Å². The number of alkyl halides is 3. The van der Waals surface area contributed by atoms with Crippen LogP contribution in [0.3, 0.4) is 0 Å². The normalized spacial score (nSPS) is 14.6. The molecule has 1 unspecified atom stereocenters. The largest absolute Gasteiger partial charge is 0.401 e. The number of nitrogens with two attached hydrogens (primary N) is 1. The van der Waals surface area contributed by atoms with Gasteiger partial charge in [0.1, 0.15) is 0 Å². The first-order chi connectivity index (χ1) is 6.89. The van der Waals surface area contributed by atoms with E-state index in [0.29, 0.717) is 13.1 Å². The van der Waals surface area contributed by atoms with Gasteiger partial charge in [0.25, 0.3) is 0 Å². The van der Waals surface area contributed by atoms with E-state index in [2.05, 4.69) is 0 Å². The van der Waals surface area contributed by atoms with Gasteiger partial charge in [-0.2, -0.15) is 13.2 Å².